The van der Waals surface area contributed by atoms with Crippen molar-refractivity contribution in [2.75, 3.05) is 31.5 Å². The van der Waals surface area contributed by atoms with Crippen LogP contribution in [-0.4, -0.2) is 37.1 Å². The summed E-state index contributed by atoms with van der Waals surface area (Å²) < 4.78 is 0. The number of thiazole rings is 1. The Kier molecular flexibility index (Phi) is 8.25. The van der Waals surface area contributed by atoms with Crippen LogP contribution >= 0.6 is 11.3 Å². The van der Waals surface area contributed by atoms with Gasteiger partial charge in [0.25, 0.3) is 0 Å². The Morgan fingerprint density at radius 1 is 1.12 bits per heavy atom. The van der Waals surface area contributed by atoms with Crippen LogP contribution in [0.4, 0.5) is 5.69 Å². The number of hydrogen-bond acceptors (Lipinski definition) is 4. The molecule has 0 unspecified atom stereocenters. The van der Waals surface area contributed by atoms with E-state index in [1.54, 1.807) is 11.3 Å². The van der Waals surface area contributed by atoms with Gasteiger partial charge in [-0.1, -0.05) is 18.2 Å². The first-order chi connectivity index (χ1) is 12.2. The van der Waals surface area contributed by atoms with Gasteiger partial charge in [0, 0.05) is 43.2 Å². The molecule has 0 fully saturated rings. The summed E-state index contributed by atoms with van der Waals surface area (Å²) in [6.07, 6.45) is 1.93. The highest BCUT2D eigenvalue weighted by atomic mass is 32.1. The summed E-state index contributed by atoms with van der Waals surface area (Å²) >= 11 is 1.78. The lowest BCUT2D eigenvalue weighted by molar-refractivity contribution is 0.784. The molecule has 0 spiro atoms. The molecule has 1 aromatic heterocycles. The minimum atomic E-state index is 0.796. The third-order valence-corrected chi connectivity index (χ3v) is 4.89. The molecule has 2 aromatic rings. The average molecular weight is 360 g/mol. The number of guanidine groups is 1. The lowest BCUT2D eigenvalue weighted by atomic mass is 10.3. The zero-order chi connectivity index (χ0) is 17.9. The van der Waals surface area contributed by atoms with Gasteiger partial charge in [-0.25, -0.2) is 4.98 Å². The van der Waals surface area contributed by atoms with Crippen LogP contribution in [-0.2, 0) is 6.42 Å². The van der Waals surface area contributed by atoms with Crippen molar-refractivity contribution >= 4 is 23.0 Å². The van der Waals surface area contributed by atoms with Gasteiger partial charge in [0.1, 0.15) is 0 Å². The van der Waals surface area contributed by atoms with Gasteiger partial charge in [0.2, 0.25) is 0 Å². The van der Waals surface area contributed by atoms with Crippen LogP contribution in [0.1, 0.15) is 28.9 Å². The Labute approximate surface area is 155 Å². The molecule has 1 heterocycles. The second kappa shape index (κ2) is 10.7. The number of aromatic nitrogens is 1. The fraction of sp³-hybridized carbons (Fsp3) is 0.474. The second-order valence-electron chi connectivity index (χ2n) is 5.83. The molecule has 3 N–H and O–H groups in total. The predicted molar refractivity (Wildman–Crippen MR) is 109 cm³/mol. The molecule has 0 saturated carbocycles. The maximum atomic E-state index is 4.64. The molecule has 2 rings (SSSR count). The molecule has 6 heteroatoms. The SMILES string of the molecule is CCNC(=NCCCNc1ccccc1)NCCc1nc(C)c(C)s1. The Balaban J connectivity index is 1.68. The van der Waals surface area contributed by atoms with Crippen molar-refractivity contribution in [3.05, 3.63) is 45.9 Å². The number of anilines is 1. The number of aliphatic imine (C=N–C) groups is 1. The van der Waals surface area contributed by atoms with E-state index in [0.29, 0.717) is 0 Å². The molecule has 0 amide bonds. The third kappa shape index (κ3) is 7.13. The Morgan fingerprint density at radius 2 is 1.92 bits per heavy atom. The summed E-state index contributed by atoms with van der Waals surface area (Å²) in [4.78, 5) is 10.5. The monoisotopic (exact) mass is 359 g/mol. The van der Waals surface area contributed by atoms with E-state index in [1.165, 1.54) is 9.88 Å². The van der Waals surface area contributed by atoms with E-state index in [1.807, 2.05) is 18.2 Å². The Hall–Kier alpha value is -2.08. The van der Waals surface area contributed by atoms with Gasteiger partial charge in [0.05, 0.1) is 10.7 Å². The van der Waals surface area contributed by atoms with E-state index >= 15 is 0 Å². The minimum Gasteiger partial charge on any atom is -0.385 e. The van der Waals surface area contributed by atoms with Crippen LogP contribution in [0.25, 0.3) is 0 Å². The van der Waals surface area contributed by atoms with Gasteiger partial charge in [-0.2, -0.15) is 0 Å². The number of benzene rings is 1. The van der Waals surface area contributed by atoms with E-state index in [2.05, 4.69) is 58.8 Å². The first kappa shape index (κ1) is 19.2. The van der Waals surface area contributed by atoms with E-state index in [4.69, 9.17) is 0 Å². The molecule has 0 bridgehead atoms. The van der Waals surface area contributed by atoms with Gasteiger partial charge in [-0.05, 0) is 39.3 Å². The second-order valence-corrected chi connectivity index (χ2v) is 7.12. The van der Waals surface area contributed by atoms with Crippen molar-refractivity contribution in [3.8, 4) is 0 Å². The smallest absolute Gasteiger partial charge is 0.191 e. The lowest BCUT2D eigenvalue weighted by Gasteiger charge is -2.11. The van der Waals surface area contributed by atoms with Crippen molar-refractivity contribution < 1.29 is 0 Å². The molecule has 0 radical (unpaired) electrons. The van der Waals surface area contributed by atoms with Crippen LogP contribution in [0.5, 0.6) is 0 Å². The summed E-state index contributed by atoms with van der Waals surface area (Å²) in [6, 6.07) is 10.3. The number of nitrogens with zero attached hydrogens (tertiary/aromatic N) is 2. The molecular formula is C19H29N5S. The first-order valence-electron chi connectivity index (χ1n) is 8.93. The zero-order valence-electron chi connectivity index (χ0n) is 15.4. The molecule has 0 saturated heterocycles. The molecule has 25 heavy (non-hydrogen) atoms. The highest BCUT2D eigenvalue weighted by Gasteiger charge is 2.04. The number of rotatable bonds is 9. The van der Waals surface area contributed by atoms with Crippen LogP contribution < -0.4 is 16.0 Å². The van der Waals surface area contributed by atoms with Crippen LogP contribution in [0.15, 0.2) is 35.3 Å². The van der Waals surface area contributed by atoms with Gasteiger partial charge in [-0.3, -0.25) is 4.99 Å². The number of nitrogens with one attached hydrogen (secondary N) is 3. The predicted octanol–water partition coefficient (Wildman–Crippen LogP) is 3.36. The molecule has 0 atom stereocenters. The normalized spacial score (nSPS) is 11.4. The highest BCUT2D eigenvalue weighted by molar-refractivity contribution is 7.11. The van der Waals surface area contributed by atoms with Crippen molar-refractivity contribution in [1.29, 1.82) is 0 Å². The maximum absolute atomic E-state index is 4.64. The topological polar surface area (TPSA) is 61.3 Å². The minimum absolute atomic E-state index is 0.796. The first-order valence-corrected chi connectivity index (χ1v) is 9.74. The molecule has 0 aliphatic carbocycles. The molecule has 5 nitrogen and oxygen atoms in total. The van der Waals surface area contributed by atoms with Crippen molar-refractivity contribution in [1.82, 2.24) is 15.6 Å². The quantitative estimate of drug-likeness (QED) is 0.365. The van der Waals surface area contributed by atoms with Crippen LogP contribution in [0.3, 0.4) is 0 Å². The van der Waals surface area contributed by atoms with Crippen molar-refractivity contribution in [2.24, 2.45) is 4.99 Å². The molecule has 0 aliphatic heterocycles. The van der Waals surface area contributed by atoms with Gasteiger partial charge >= 0.3 is 0 Å². The molecule has 0 aliphatic rings. The third-order valence-electron chi connectivity index (χ3n) is 3.76. The fourth-order valence-corrected chi connectivity index (χ4v) is 3.27. The van der Waals surface area contributed by atoms with E-state index in [9.17, 15) is 0 Å². The summed E-state index contributed by atoms with van der Waals surface area (Å²) in [5.74, 6) is 0.882. The van der Waals surface area contributed by atoms with Gasteiger partial charge < -0.3 is 16.0 Å². The van der Waals surface area contributed by atoms with E-state index in [-0.39, 0.29) is 0 Å². The van der Waals surface area contributed by atoms with E-state index < -0.39 is 0 Å². The van der Waals surface area contributed by atoms with Crippen molar-refractivity contribution in [3.63, 3.8) is 0 Å². The van der Waals surface area contributed by atoms with Crippen LogP contribution in [0, 0.1) is 13.8 Å². The molecular weight excluding hydrogens is 330 g/mol. The summed E-state index contributed by atoms with van der Waals surface area (Å²) in [7, 11) is 0. The molecule has 136 valence electrons. The van der Waals surface area contributed by atoms with E-state index in [0.717, 1.165) is 56.4 Å². The Bertz CT molecular complexity index is 632. The molecule has 1 aromatic carbocycles. The zero-order valence-corrected chi connectivity index (χ0v) is 16.2. The summed E-state index contributed by atoms with van der Waals surface area (Å²) in [5, 5.41) is 11.3. The number of aryl methyl sites for hydroxylation is 2. The average Bonchev–Trinajstić information content (AvgIpc) is 2.93. The number of para-hydroxylation sites is 1. The maximum Gasteiger partial charge on any atom is 0.191 e. The van der Waals surface area contributed by atoms with Gasteiger partial charge in [0.15, 0.2) is 5.96 Å². The fourth-order valence-electron chi connectivity index (χ4n) is 2.33. The summed E-state index contributed by atoms with van der Waals surface area (Å²) in [6.45, 7) is 9.71. The van der Waals surface area contributed by atoms with Crippen molar-refractivity contribution in [2.45, 2.75) is 33.6 Å². The number of hydrogen-bond donors (Lipinski definition) is 3. The lowest BCUT2D eigenvalue weighted by Crippen LogP contribution is -2.38. The standard InChI is InChI=1S/C19H29N5S/c1-4-20-19(23-14-11-18-24-15(2)16(3)25-18)22-13-8-12-21-17-9-6-5-7-10-17/h5-7,9-10,21H,4,8,11-14H2,1-3H3,(H2,20,22,23). The Morgan fingerprint density at radius 3 is 2.60 bits per heavy atom. The highest BCUT2D eigenvalue weighted by Crippen LogP contribution is 2.16. The summed E-state index contributed by atoms with van der Waals surface area (Å²) in [5.41, 5.74) is 2.30. The van der Waals surface area contributed by atoms with Crippen LogP contribution in [0.2, 0.25) is 0 Å². The largest absolute Gasteiger partial charge is 0.385 e. The van der Waals surface area contributed by atoms with Gasteiger partial charge in [-0.15, -0.1) is 11.3 Å².